The molecule has 1 aromatic heterocycles. The summed E-state index contributed by atoms with van der Waals surface area (Å²) in [5.41, 5.74) is 1.78. The number of amides is 3. The first kappa shape index (κ1) is 25.4. The smallest absolute Gasteiger partial charge is 0.411 e. The predicted octanol–water partition coefficient (Wildman–Crippen LogP) is 5.36. The van der Waals surface area contributed by atoms with E-state index in [2.05, 4.69) is 24.5 Å². The minimum Gasteiger partial charge on any atom is -0.438 e. The summed E-state index contributed by atoms with van der Waals surface area (Å²) in [6.45, 7) is 4.68. The highest BCUT2D eigenvalue weighted by molar-refractivity contribution is 7.12. The largest absolute Gasteiger partial charge is 0.438 e. The molecule has 36 heavy (non-hydrogen) atoms. The van der Waals surface area contributed by atoms with Crippen LogP contribution >= 0.6 is 11.3 Å². The van der Waals surface area contributed by atoms with Crippen LogP contribution in [0.2, 0.25) is 0 Å². The van der Waals surface area contributed by atoms with Crippen molar-refractivity contribution in [3.63, 3.8) is 0 Å². The lowest BCUT2D eigenvalue weighted by Gasteiger charge is -2.24. The summed E-state index contributed by atoms with van der Waals surface area (Å²) < 4.78 is 19.1. The van der Waals surface area contributed by atoms with Crippen molar-refractivity contribution in [3.8, 4) is 0 Å². The third kappa shape index (κ3) is 6.09. The van der Waals surface area contributed by atoms with Crippen molar-refractivity contribution in [2.24, 2.45) is 5.92 Å². The van der Waals surface area contributed by atoms with E-state index < -0.39 is 18.2 Å². The monoisotopic (exact) mass is 509 g/mol. The van der Waals surface area contributed by atoms with Gasteiger partial charge in [-0.3, -0.25) is 14.5 Å². The number of ether oxygens (including phenoxy) is 1. The number of halogens is 1. The van der Waals surface area contributed by atoms with Gasteiger partial charge in [-0.2, -0.15) is 0 Å². The normalized spacial score (nSPS) is 17.2. The van der Waals surface area contributed by atoms with Gasteiger partial charge in [0.1, 0.15) is 5.82 Å². The van der Waals surface area contributed by atoms with Gasteiger partial charge < -0.3 is 15.4 Å². The van der Waals surface area contributed by atoms with E-state index >= 15 is 0 Å². The highest BCUT2D eigenvalue weighted by atomic mass is 32.1. The average Bonchev–Trinajstić information content (AvgIpc) is 3.49. The Morgan fingerprint density at radius 1 is 1.11 bits per heavy atom. The molecule has 1 aliphatic rings. The molecule has 1 aliphatic heterocycles. The second-order valence-corrected chi connectivity index (χ2v) is 9.98. The first-order chi connectivity index (χ1) is 17.3. The summed E-state index contributed by atoms with van der Waals surface area (Å²) in [6.07, 6.45) is -0.725. The van der Waals surface area contributed by atoms with Crippen molar-refractivity contribution in [1.29, 1.82) is 0 Å². The zero-order valence-electron chi connectivity index (χ0n) is 20.1. The first-order valence-electron chi connectivity index (χ1n) is 11.8. The van der Waals surface area contributed by atoms with Gasteiger partial charge in [0.2, 0.25) is 5.91 Å². The topological polar surface area (TPSA) is 87.7 Å². The number of nitrogens with one attached hydrogen (secondary N) is 2. The number of rotatable bonds is 9. The summed E-state index contributed by atoms with van der Waals surface area (Å²) in [5, 5.41) is 7.59. The molecule has 3 aromatic rings. The van der Waals surface area contributed by atoms with Crippen LogP contribution in [-0.4, -0.2) is 35.4 Å². The van der Waals surface area contributed by atoms with Crippen LogP contribution in [0.4, 0.5) is 14.9 Å². The van der Waals surface area contributed by atoms with Crippen LogP contribution in [0.3, 0.4) is 0 Å². The van der Waals surface area contributed by atoms with E-state index in [0.29, 0.717) is 34.2 Å². The maximum atomic E-state index is 13.4. The second kappa shape index (κ2) is 11.3. The van der Waals surface area contributed by atoms with Gasteiger partial charge in [0.25, 0.3) is 5.91 Å². The van der Waals surface area contributed by atoms with Crippen LogP contribution < -0.4 is 10.6 Å². The maximum absolute atomic E-state index is 13.4. The number of hydrogen-bond acceptors (Lipinski definition) is 5. The highest BCUT2D eigenvalue weighted by Crippen LogP contribution is 2.35. The number of cyclic esters (lactones) is 1. The van der Waals surface area contributed by atoms with Crippen molar-refractivity contribution in [2.75, 3.05) is 11.9 Å². The third-order valence-electron chi connectivity index (χ3n) is 5.86. The third-order valence-corrected chi connectivity index (χ3v) is 6.73. The molecule has 7 nitrogen and oxygen atoms in total. The number of anilines is 1. The Balaban J connectivity index is 1.58. The Bertz CT molecular complexity index is 1210. The Labute approximate surface area is 213 Å². The molecule has 9 heteroatoms. The number of hydrogen-bond donors (Lipinski definition) is 2. The molecule has 0 saturated carbocycles. The molecule has 1 saturated heterocycles. The molecule has 2 atom stereocenters. The molecule has 2 heterocycles. The predicted molar refractivity (Wildman–Crippen MR) is 136 cm³/mol. The van der Waals surface area contributed by atoms with E-state index in [9.17, 15) is 18.8 Å². The number of benzene rings is 2. The standard InChI is InChI=1S/C27H28FN3O4S/c1-17(2)12-13-29-26(33)23-24(35-27(34)31(23)16-18-8-10-20(28)11-9-18)19-5-3-6-21(15-19)30-25(32)22-7-4-14-36-22/h3-11,14-15,17,23-24H,12-13,16H2,1-2H3,(H,29,33)(H,30,32)/t23-,24+/m1/s1. The molecule has 0 bridgehead atoms. The Kier molecular flexibility index (Phi) is 8.00. The minimum atomic E-state index is -0.932. The Morgan fingerprint density at radius 2 is 1.89 bits per heavy atom. The maximum Gasteiger partial charge on any atom is 0.411 e. The molecule has 0 radical (unpaired) electrons. The Hall–Kier alpha value is -3.72. The van der Waals surface area contributed by atoms with E-state index in [-0.39, 0.29) is 24.2 Å². The highest BCUT2D eigenvalue weighted by Gasteiger charge is 2.47. The fourth-order valence-corrected chi connectivity index (χ4v) is 4.60. The van der Waals surface area contributed by atoms with Crippen molar-refractivity contribution >= 4 is 34.9 Å². The number of nitrogens with zero attached hydrogens (tertiary/aromatic N) is 1. The quantitative estimate of drug-likeness (QED) is 0.406. The summed E-state index contributed by atoms with van der Waals surface area (Å²) in [6, 6.07) is 15.3. The van der Waals surface area contributed by atoms with Gasteiger partial charge in [-0.1, -0.05) is 44.2 Å². The van der Waals surface area contributed by atoms with Crippen molar-refractivity contribution in [3.05, 3.63) is 87.9 Å². The van der Waals surface area contributed by atoms with Gasteiger partial charge in [0.05, 0.1) is 11.4 Å². The zero-order chi connectivity index (χ0) is 25.7. The van der Waals surface area contributed by atoms with Crippen LogP contribution in [0.15, 0.2) is 66.0 Å². The first-order valence-corrected chi connectivity index (χ1v) is 12.6. The van der Waals surface area contributed by atoms with Crippen LogP contribution in [-0.2, 0) is 16.1 Å². The number of thiophene rings is 1. The molecule has 0 unspecified atom stereocenters. The van der Waals surface area contributed by atoms with Crippen LogP contribution in [0.25, 0.3) is 0 Å². The molecule has 0 spiro atoms. The lowest BCUT2D eigenvalue weighted by atomic mass is 10.00. The van der Waals surface area contributed by atoms with Gasteiger partial charge in [-0.15, -0.1) is 11.3 Å². The fourth-order valence-electron chi connectivity index (χ4n) is 3.98. The van der Waals surface area contributed by atoms with Gasteiger partial charge in [0.15, 0.2) is 12.1 Å². The number of carbonyl (C=O) groups excluding carboxylic acids is 3. The summed E-state index contributed by atoms with van der Waals surface area (Å²) in [7, 11) is 0. The average molecular weight is 510 g/mol. The Morgan fingerprint density at radius 3 is 2.58 bits per heavy atom. The number of carbonyl (C=O) groups is 3. The molecular formula is C27H28FN3O4S. The lowest BCUT2D eigenvalue weighted by Crippen LogP contribution is -2.46. The van der Waals surface area contributed by atoms with E-state index in [4.69, 9.17) is 4.74 Å². The van der Waals surface area contributed by atoms with E-state index in [1.54, 1.807) is 48.5 Å². The van der Waals surface area contributed by atoms with Crippen molar-refractivity contribution in [1.82, 2.24) is 10.2 Å². The summed E-state index contributed by atoms with van der Waals surface area (Å²) >= 11 is 1.33. The van der Waals surface area contributed by atoms with Gasteiger partial charge in [-0.25, -0.2) is 9.18 Å². The van der Waals surface area contributed by atoms with Crippen molar-refractivity contribution in [2.45, 2.75) is 39.0 Å². The van der Waals surface area contributed by atoms with E-state index in [1.165, 1.54) is 28.4 Å². The SMILES string of the molecule is CC(C)CCNC(=O)[C@H]1[C@H](c2cccc(NC(=O)c3cccs3)c2)OC(=O)N1Cc1ccc(F)cc1. The molecule has 1 fully saturated rings. The van der Waals surface area contributed by atoms with E-state index in [0.717, 1.165) is 6.42 Å². The molecule has 2 aromatic carbocycles. The lowest BCUT2D eigenvalue weighted by molar-refractivity contribution is -0.126. The molecular weight excluding hydrogens is 481 g/mol. The molecule has 2 N–H and O–H groups in total. The fraction of sp³-hybridized carbons (Fsp3) is 0.296. The van der Waals surface area contributed by atoms with E-state index in [1.807, 2.05) is 5.38 Å². The van der Waals surface area contributed by atoms with Crippen LogP contribution in [0.1, 0.15) is 47.2 Å². The van der Waals surface area contributed by atoms with Gasteiger partial charge in [0, 0.05) is 12.2 Å². The van der Waals surface area contributed by atoms with Crippen LogP contribution in [0.5, 0.6) is 0 Å². The summed E-state index contributed by atoms with van der Waals surface area (Å²) in [5.74, 6) is -0.556. The zero-order valence-corrected chi connectivity index (χ0v) is 20.9. The second-order valence-electron chi connectivity index (χ2n) is 9.03. The molecule has 188 valence electrons. The molecule has 0 aliphatic carbocycles. The molecule has 4 rings (SSSR count). The minimum absolute atomic E-state index is 0.0900. The molecule has 3 amide bonds. The van der Waals surface area contributed by atoms with Gasteiger partial charge in [-0.05, 0) is 59.2 Å². The van der Waals surface area contributed by atoms with Gasteiger partial charge >= 0.3 is 6.09 Å². The van der Waals surface area contributed by atoms with Crippen LogP contribution in [0, 0.1) is 11.7 Å². The summed E-state index contributed by atoms with van der Waals surface area (Å²) in [4.78, 5) is 40.7. The van der Waals surface area contributed by atoms with Crippen molar-refractivity contribution < 1.29 is 23.5 Å².